The summed E-state index contributed by atoms with van der Waals surface area (Å²) in [5.41, 5.74) is 4.15. The molecule has 0 atom stereocenters. The number of methoxy groups -OCH3 is 3. The summed E-state index contributed by atoms with van der Waals surface area (Å²) in [6, 6.07) is 21.7. The van der Waals surface area contributed by atoms with Gasteiger partial charge in [0, 0.05) is 31.5 Å². The minimum atomic E-state index is -0.0130. The van der Waals surface area contributed by atoms with Gasteiger partial charge in [-0.25, -0.2) is 0 Å². The highest BCUT2D eigenvalue weighted by atomic mass is 16.5. The monoisotopic (exact) mass is 518 g/mol. The molecule has 3 aromatic carbocycles. The summed E-state index contributed by atoms with van der Waals surface area (Å²) >= 11 is 0. The number of amides is 2. The number of unbranched alkanes of at least 4 members (excludes halogenated alkanes) is 1. The Morgan fingerprint density at radius 1 is 0.684 bits per heavy atom. The molecule has 3 rings (SSSR count). The fourth-order valence-corrected chi connectivity index (χ4v) is 4.33. The Bertz CT molecular complexity index is 1160. The second-order valence-corrected chi connectivity index (χ2v) is 8.96. The molecule has 202 valence electrons. The van der Waals surface area contributed by atoms with E-state index in [1.54, 1.807) is 21.3 Å². The molecule has 0 saturated heterocycles. The number of rotatable bonds is 15. The van der Waals surface area contributed by atoms with E-state index in [1.807, 2.05) is 54.6 Å². The number of benzene rings is 3. The summed E-state index contributed by atoms with van der Waals surface area (Å²) in [6.07, 6.45) is 3.63. The van der Waals surface area contributed by atoms with Crippen LogP contribution in [0.5, 0.6) is 17.2 Å². The lowest BCUT2D eigenvalue weighted by molar-refractivity contribution is -0.123. The Morgan fingerprint density at radius 3 is 1.89 bits per heavy atom. The molecule has 0 saturated carbocycles. The molecule has 0 bridgehead atoms. The molecule has 0 aromatic heterocycles. The number of carbonyl (C=O) groups excluding carboxylic acids is 2. The van der Waals surface area contributed by atoms with E-state index in [2.05, 4.69) is 22.8 Å². The lowest BCUT2D eigenvalue weighted by atomic mass is 9.95. The van der Waals surface area contributed by atoms with Gasteiger partial charge in [-0.15, -0.1) is 0 Å². The van der Waals surface area contributed by atoms with E-state index in [4.69, 9.17) is 14.2 Å². The summed E-state index contributed by atoms with van der Waals surface area (Å²) in [6.45, 7) is 1.12. The highest BCUT2D eigenvalue weighted by molar-refractivity contribution is 5.79. The number of hydrogen-bond acceptors (Lipinski definition) is 5. The van der Waals surface area contributed by atoms with Crippen molar-refractivity contribution in [1.82, 2.24) is 10.6 Å². The molecule has 0 spiro atoms. The van der Waals surface area contributed by atoms with Crippen molar-refractivity contribution < 1.29 is 23.8 Å². The van der Waals surface area contributed by atoms with Crippen LogP contribution in [0.2, 0.25) is 0 Å². The van der Waals surface area contributed by atoms with Gasteiger partial charge in [0.2, 0.25) is 11.8 Å². The zero-order valence-electron chi connectivity index (χ0n) is 22.5. The van der Waals surface area contributed by atoms with E-state index in [-0.39, 0.29) is 11.8 Å². The molecular formula is C31H38N2O5. The smallest absolute Gasteiger partial charge is 0.220 e. The van der Waals surface area contributed by atoms with E-state index in [0.29, 0.717) is 56.7 Å². The maximum Gasteiger partial charge on any atom is 0.220 e. The van der Waals surface area contributed by atoms with Crippen molar-refractivity contribution >= 4 is 11.8 Å². The molecule has 38 heavy (non-hydrogen) atoms. The highest BCUT2D eigenvalue weighted by Gasteiger charge is 2.17. The summed E-state index contributed by atoms with van der Waals surface area (Å²) in [4.78, 5) is 24.4. The Hall–Kier alpha value is -4.00. The van der Waals surface area contributed by atoms with Crippen molar-refractivity contribution in [2.75, 3.05) is 34.4 Å². The lowest BCUT2D eigenvalue weighted by Crippen LogP contribution is -2.26. The second-order valence-electron chi connectivity index (χ2n) is 8.96. The first kappa shape index (κ1) is 28.6. The maximum atomic E-state index is 12.4. The van der Waals surface area contributed by atoms with Crippen molar-refractivity contribution in [3.63, 3.8) is 0 Å². The zero-order chi connectivity index (χ0) is 27.2. The van der Waals surface area contributed by atoms with Crippen LogP contribution in [0.1, 0.15) is 36.8 Å². The van der Waals surface area contributed by atoms with Crippen LogP contribution in [0, 0.1) is 0 Å². The van der Waals surface area contributed by atoms with Crippen LogP contribution >= 0.6 is 0 Å². The normalized spacial score (nSPS) is 10.5. The van der Waals surface area contributed by atoms with Crippen LogP contribution in [0.4, 0.5) is 0 Å². The van der Waals surface area contributed by atoms with Crippen molar-refractivity contribution in [2.24, 2.45) is 0 Å². The minimum absolute atomic E-state index is 0.0130. The van der Waals surface area contributed by atoms with Crippen molar-refractivity contribution in [3.05, 3.63) is 77.9 Å². The molecular weight excluding hydrogens is 480 g/mol. The molecule has 0 unspecified atom stereocenters. The number of carbonyl (C=O) groups is 2. The highest BCUT2D eigenvalue weighted by Crippen LogP contribution is 2.41. The first-order valence-electron chi connectivity index (χ1n) is 13.0. The predicted molar refractivity (Wildman–Crippen MR) is 150 cm³/mol. The quantitative estimate of drug-likeness (QED) is 0.278. The molecule has 0 radical (unpaired) electrons. The molecule has 0 aliphatic carbocycles. The van der Waals surface area contributed by atoms with Crippen LogP contribution < -0.4 is 24.8 Å². The average molecular weight is 519 g/mol. The van der Waals surface area contributed by atoms with Gasteiger partial charge in [0.25, 0.3) is 0 Å². The number of hydrogen-bond donors (Lipinski definition) is 2. The largest absolute Gasteiger partial charge is 0.497 e. The van der Waals surface area contributed by atoms with Crippen LogP contribution in [-0.4, -0.2) is 46.2 Å². The Balaban J connectivity index is 1.44. The van der Waals surface area contributed by atoms with Crippen LogP contribution in [0.3, 0.4) is 0 Å². The maximum absolute atomic E-state index is 12.4. The van der Waals surface area contributed by atoms with E-state index < -0.39 is 0 Å². The number of nitrogens with one attached hydrogen (secondary N) is 2. The van der Waals surface area contributed by atoms with Gasteiger partial charge in [0.1, 0.15) is 5.75 Å². The zero-order valence-corrected chi connectivity index (χ0v) is 22.5. The van der Waals surface area contributed by atoms with Gasteiger partial charge >= 0.3 is 0 Å². The van der Waals surface area contributed by atoms with Gasteiger partial charge in [0.15, 0.2) is 11.5 Å². The van der Waals surface area contributed by atoms with Crippen molar-refractivity contribution in [1.29, 1.82) is 0 Å². The topological polar surface area (TPSA) is 85.9 Å². The fraction of sp³-hybridized carbons (Fsp3) is 0.355. The van der Waals surface area contributed by atoms with E-state index >= 15 is 0 Å². The summed E-state index contributed by atoms with van der Waals surface area (Å²) < 4.78 is 16.5. The van der Waals surface area contributed by atoms with Crippen LogP contribution in [0.25, 0.3) is 11.1 Å². The molecule has 2 N–H and O–H groups in total. The standard InChI is InChI=1S/C31H38N2O5/c1-36-26-16-13-24(14-17-26)30-25(15-18-27(37-2)31(30)38-3)20-22-33-29(35)12-8-7-11-28(34)32-21-19-23-9-5-4-6-10-23/h4-6,9-10,13-18H,7-8,11-12,19-22H2,1-3H3,(H,32,34)(H,33,35). The SMILES string of the molecule is COc1ccc(-c2c(CCNC(=O)CCCCC(=O)NCCc3ccccc3)ccc(OC)c2OC)cc1. The first-order chi connectivity index (χ1) is 18.5. The molecule has 0 heterocycles. The molecule has 3 aromatic rings. The third-order valence-electron chi connectivity index (χ3n) is 6.36. The van der Waals surface area contributed by atoms with Crippen LogP contribution in [0.15, 0.2) is 66.7 Å². The molecule has 7 nitrogen and oxygen atoms in total. The molecule has 0 fully saturated rings. The molecule has 0 aliphatic heterocycles. The van der Waals surface area contributed by atoms with E-state index in [0.717, 1.165) is 28.9 Å². The molecule has 2 amide bonds. The number of ether oxygens (including phenoxy) is 3. The summed E-state index contributed by atoms with van der Waals surface area (Å²) in [5.74, 6) is 2.09. The summed E-state index contributed by atoms with van der Waals surface area (Å²) in [7, 11) is 4.88. The fourth-order valence-electron chi connectivity index (χ4n) is 4.33. The van der Waals surface area contributed by atoms with E-state index in [1.165, 1.54) is 5.56 Å². The van der Waals surface area contributed by atoms with Gasteiger partial charge < -0.3 is 24.8 Å². The Morgan fingerprint density at radius 2 is 1.32 bits per heavy atom. The van der Waals surface area contributed by atoms with E-state index in [9.17, 15) is 9.59 Å². The van der Waals surface area contributed by atoms with Gasteiger partial charge in [-0.05, 0) is 60.6 Å². The van der Waals surface area contributed by atoms with Gasteiger partial charge in [-0.2, -0.15) is 0 Å². The molecule has 7 heteroatoms. The minimum Gasteiger partial charge on any atom is -0.497 e. The van der Waals surface area contributed by atoms with Crippen molar-refractivity contribution in [3.8, 4) is 28.4 Å². The summed E-state index contributed by atoms with van der Waals surface area (Å²) in [5, 5.41) is 5.95. The lowest BCUT2D eigenvalue weighted by Gasteiger charge is -2.18. The third kappa shape index (κ3) is 8.54. The Labute approximate surface area is 225 Å². The van der Waals surface area contributed by atoms with Crippen molar-refractivity contribution in [2.45, 2.75) is 38.5 Å². The first-order valence-corrected chi connectivity index (χ1v) is 13.0. The average Bonchev–Trinajstić information content (AvgIpc) is 2.95. The van der Waals surface area contributed by atoms with Gasteiger partial charge in [0.05, 0.1) is 21.3 Å². The third-order valence-corrected chi connectivity index (χ3v) is 6.36. The van der Waals surface area contributed by atoms with Gasteiger partial charge in [-0.1, -0.05) is 48.5 Å². The Kier molecular flexibility index (Phi) is 11.5. The predicted octanol–water partition coefficient (Wildman–Crippen LogP) is 4.96. The van der Waals surface area contributed by atoms with Gasteiger partial charge in [-0.3, -0.25) is 9.59 Å². The molecule has 0 aliphatic rings. The second kappa shape index (κ2) is 15.3. The van der Waals surface area contributed by atoms with Crippen LogP contribution in [-0.2, 0) is 22.4 Å².